The van der Waals surface area contributed by atoms with E-state index in [9.17, 15) is 18.3 Å². The van der Waals surface area contributed by atoms with Gasteiger partial charge in [0.1, 0.15) is 5.75 Å². The zero-order valence-corrected chi connectivity index (χ0v) is 18.7. The molecule has 1 aliphatic rings. The number of para-hydroxylation sites is 2. The van der Waals surface area contributed by atoms with Gasteiger partial charge >= 0.3 is 0 Å². The van der Waals surface area contributed by atoms with Crippen molar-refractivity contribution in [3.63, 3.8) is 0 Å². The number of halogens is 1. The molecular formula is C19H17BrN4O4S2. The van der Waals surface area contributed by atoms with E-state index in [2.05, 4.69) is 31.4 Å². The van der Waals surface area contributed by atoms with Gasteiger partial charge in [-0.05, 0) is 30.3 Å². The summed E-state index contributed by atoms with van der Waals surface area (Å²) >= 11 is 4.53. The maximum atomic E-state index is 12.2. The molecule has 0 spiro atoms. The van der Waals surface area contributed by atoms with Crippen molar-refractivity contribution in [1.82, 2.24) is 15.0 Å². The summed E-state index contributed by atoms with van der Waals surface area (Å²) in [5.74, 6) is -0.0774. The highest BCUT2D eigenvalue weighted by molar-refractivity contribution is 9.10. The van der Waals surface area contributed by atoms with Crippen molar-refractivity contribution in [2.45, 2.75) is 11.2 Å². The Morgan fingerprint density at radius 2 is 2.10 bits per heavy atom. The number of rotatable bonds is 6. The van der Waals surface area contributed by atoms with Crippen LogP contribution in [0.4, 0.5) is 0 Å². The molecule has 0 unspecified atom stereocenters. The lowest BCUT2D eigenvalue weighted by molar-refractivity contribution is -0.118. The van der Waals surface area contributed by atoms with E-state index in [0.29, 0.717) is 10.7 Å². The van der Waals surface area contributed by atoms with E-state index in [1.54, 1.807) is 12.1 Å². The number of fused-ring (bicyclic) bond motifs is 1. The minimum Gasteiger partial charge on any atom is -0.507 e. The minimum atomic E-state index is -3.00. The number of amides is 1. The first-order chi connectivity index (χ1) is 14.3. The van der Waals surface area contributed by atoms with Crippen LogP contribution in [0.1, 0.15) is 11.6 Å². The van der Waals surface area contributed by atoms with Gasteiger partial charge in [-0.1, -0.05) is 39.8 Å². The summed E-state index contributed by atoms with van der Waals surface area (Å²) < 4.78 is 26.0. The smallest absolute Gasteiger partial charge is 0.250 e. The number of aromatic hydroxyl groups is 1. The Bertz CT molecular complexity index is 1240. The molecule has 3 aromatic rings. The first kappa shape index (κ1) is 20.9. The highest BCUT2D eigenvalue weighted by Crippen LogP contribution is 2.33. The number of hydrazone groups is 1. The average Bonchev–Trinajstić information content (AvgIpc) is 3.05. The number of hydrogen-bond donors (Lipinski definition) is 2. The van der Waals surface area contributed by atoms with Gasteiger partial charge in [0.25, 0.3) is 5.91 Å². The van der Waals surface area contributed by atoms with E-state index >= 15 is 0 Å². The molecule has 1 saturated heterocycles. The number of aromatic nitrogens is 2. The molecule has 0 bridgehead atoms. The molecule has 0 atom stereocenters. The minimum absolute atomic E-state index is 0.0507. The molecule has 4 rings (SSSR count). The lowest BCUT2D eigenvalue weighted by Crippen LogP contribution is -2.38. The predicted molar refractivity (Wildman–Crippen MR) is 120 cm³/mol. The van der Waals surface area contributed by atoms with Gasteiger partial charge in [-0.25, -0.2) is 18.8 Å². The quantitative estimate of drug-likeness (QED) is 0.300. The summed E-state index contributed by atoms with van der Waals surface area (Å²) in [5, 5.41) is 14.3. The average molecular weight is 509 g/mol. The number of sulfone groups is 1. The maximum Gasteiger partial charge on any atom is 0.250 e. The number of benzene rings is 2. The SMILES string of the molecule is O=C(CSc1nc2ccccc2n1C1CS(=O)(=O)C1)N/N=C/c1cc(Br)ccc1O. The molecule has 156 valence electrons. The lowest BCUT2D eigenvalue weighted by atomic mass is 10.2. The van der Waals surface area contributed by atoms with Gasteiger partial charge in [0.15, 0.2) is 15.0 Å². The Morgan fingerprint density at radius 1 is 1.33 bits per heavy atom. The predicted octanol–water partition coefficient (Wildman–Crippen LogP) is 2.72. The van der Waals surface area contributed by atoms with E-state index in [4.69, 9.17) is 0 Å². The summed E-state index contributed by atoms with van der Waals surface area (Å²) in [6.07, 6.45) is 1.36. The van der Waals surface area contributed by atoms with Crippen molar-refractivity contribution in [3.8, 4) is 5.75 Å². The zero-order valence-electron chi connectivity index (χ0n) is 15.5. The summed E-state index contributed by atoms with van der Waals surface area (Å²) in [6, 6.07) is 12.2. The zero-order chi connectivity index (χ0) is 21.3. The Balaban J connectivity index is 1.44. The fourth-order valence-electron chi connectivity index (χ4n) is 3.13. The monoisotopic (exact) mass is 508 g/mol. The van der Waals surface area contributed by atoms with Crippen molar-refractivity contribution >= 4 is 60.7 Å². The lowest BCUT2D eigenvalue weighted by Gasteiger charge is -2.28. The second kappa shape index (κ2) is 8.40. The fraction of sp³-hybridized carbons (Fsp3) is 0.211. The number of nitrogens with zero attached hydrogens (tertiary/aromatic N) is 3. The van der Waals surface area contributed by atoms with Gasteiger partial charge in [0.05, 0.1) is 40.5 Å². The molecule has 1 aliphatic heterocycles. The second-order valence-electron chi connectivity index (χ2n) is 6.77. The molecule has 30 heavy (non-hydrogen) atoms. The molecule has 2 aromatic carbocycles. The Kier molecular flexibility index (Phi) is 5.85. The van der Waals surface area contributed by atoms with Crippen LogP contribution in [-0.4, -0.2) is 52.5 Å². The first-order valence-electron chi connectivity index (χ1n) is 8.93. The molecule has 0 radical (unpaired) electrons. The van der Waals surface area contributed by atoms with Crippen LogP contribution in [0.3, 0.4) is 0 Å². The Morgan fingerprint density at radius 3 is 2.87 bits per heavy atom. The van der Waals surface area contributed by atoms with Crippen molar-refractivity contribution in [3.05, 3.63) is 52.5 Å². The molecule has 0 saturated carbocycles. The van der Waals surface area contributed by atoms with Crippen LogP contribution >= 0.6 is 27.7 Å². The van der Waals surface area contributed by atoms with Gasteiger partial charge in [-0.3, -0.25) is 4.79 Å². The molecule has 1 amide bonds. The first-order valence-corrected chi connectivity index (χ1v) is 12.5. The Hall–Kier alpha value is -2.37. The van der Waals surface area contributed by atoms with Crippen molar-refractivity contribution in [2.24, 2.45) is 5.10 Å². The van der Waals surface area contributed by atoms with E-state index in [-0.39, 0.29) is 35.0 Å². The highest BCUT2D eigenvalue weighted by atomic mass is 79.9. The topological polar surface area (TPSA) is 114 Å². The molecule has 0 aliphatic carbocycles. The van der Waals surface area contributed by atoms with Crippen LogP contribution in [0.2, 0.25) is 0 Å². The Labute approximate surface area is 185 Å². The van der Waals surface area contributed by atoms with Crippen LogP contribution in [0, 0.1) is 0 Å². The van der Waals surface area contributed by atoms with Crippen molar-refractivity contribution in [1.29, 1.82) is 0 Å². The third-order valence-electron chi connectivity index (χ3n) is 4.54. The number of nitrogens with one attached hydrogen (secondary N) is 1. The third-order valence-corrected chi connectivity index (χ3v) is 7.77. The van der Waals surface area contributed by atoms with Crippen molar-refractivity contribution in [2.75, 3.05) is 17.3 Å². The molecule has 11 heteroatoms. The molecule has 2 heterocycles. The van der Waals surface area contributed by atoms with Gasteiger partial charge in [0, 0.05) is 10.0 Å². The summed E-state index contributed by atoms with van der Waals surface area (Å²) in [4.78, 5) is 16.7. The normalized spacial score (nSPS) is 16.0. The van der Waals surface area contributed by atoms with Crippen LogP contribution in [0.5, 0.6) is 5.75 Å². The van der Waals surface area contributed by atoms with Gasteiger partial charge in [-0.15, -0.1) is 0 Å². The van der Waals surface area contributed by atoms with E-state index in [1.165, 1.54) is 24.0 Å². The van der Waals surface area contributed by atoms with E-state index in [1.807, 2.05) is 28.8 Å². The third kappa shape index (κ3) is 4.52. The van der Waals surface area contributed by atoms with Crippen molar-refractivity contribution < 1.29 is 18.3 Å². The summed E-state index contributed by atoms with van der Waals surface area (Å²) in [5.41, 5.74) is 4.49. The largest absolute Gasteiger partial charge is 0.507 e. The summed E-state index contributed by atoms with van der Waals surface area (Å²) in [6.45, 7) is 0. The van der Waals surface area contributed by atoms with Crippen LogP contribution < -0.4 is 5.43 Å². The molecule has 8 nitrogen and oxygen atoms in total. The standard InChI is InChI=1S/C19H17BrN4O4S2/c20-13-5-6-17(25)12(7-13)8-21-23-18(26)9-29-19-22-15-3-1-2-4-16(15)24(19)14-10-30(27,28)11-14/h1-8,14,25H,9-11H2,(H,23,26)/b21-8+. The number of phenolic OH excluding ortho intramolecular Hbond substituents is 1. The maximum absolute atomic E-state index is 12.2. The fourth-order valence-corrected chi connectivity index (χ4v) is 5.75. The van der Waals surface area contributed by atoms with Gasteiger partial charge in [-0.2, -0.15) is 5.10 Å². The van der Waals surface area contributed by atoms with Gasteiger partial charge < -0.3 is 9.67 Å². The van der Waals surface area contributed by atoms with E-state index in [0.717, 1.165) is 15.5 Å². The van der Waals surface area contributed by atoms with Crippen LogP contribution in [0.25, 0.3) is 11.0 Å². The molecule has 1 fully saturated rings. The van der Waals surface area contributed by atoms with E-state index < -0.39 is 9.84 Å². The summed E-state index contributed by atoms with van der Waals surface area (Å²) in [7, 11) is -3.00. The number of carbonyl (C=O) groups is 1. The number of thioether (sulfide) groups is 1. The molecule has 2 N–H and O–H groups in total. The molecule has 1 aromatic heterocycles. The number of carbonyl (C=O) groups excluding carboxylic acids is 1. The molecular weight excluding hydrogens is 492 g/mol. The highest BCUT2D eigenvalue weighted by Gasteiger charge is 2.37. The number of hydrogen-bond acceptors (Lipinski definition) is 7. The van der Waals surface area contributed by atoms with Gasteiger partial charge in [0.2, 0.25) is 0 Å². The van der Waals surface area contributed by atoms with Crippen LogP contribution in [0.15, 0.2) is 57.2 Å². The second-order valence-corrected chi connectivity index (χ2v) is 10.8. The van der Waals surface area contributed by atoms with Crippen LogP contribution in [-0.2, 0) is 14.6 Å². The number of phenols is 1. The number of imidazole rings is 1.